The maximum absolute atomic E-state index is 12.7. The van der Waals surface area contributed by atoms with Crippen molar-refractivity contribution < 1.29 is 13.2 Å². The molecule has 0 spiro atoms. The minimum absolute atomic E-state index is 0.0366. The molecule has 1 aromatic rings. The lowest BCUT2D eigenvalue weighted by atomic mass is 10.1. The SMILES string of the molecule is CNS(=O)(=O)c1ccc2c(c1)N(C(=O)[C@@H]1CC[C@H](N)C1)CC2. The van der Waals surface area contributed by atoms with E-state index in [1.165, 1.54) is 7.05 Å². The number of anilines is 1. The number of carbonyl (C=O) groups is 1. The molecule has 0 saturated heterocycles. The lowest BCUT2D eigenvalue weighted by Gasteiger charge is -2.21. The van der Waals surface area contributed by atoms with Gasteiger partial charge in [0.15, 0.2) is 0 Å². The third-order valence-corrected chi connectivity index (χ3v) is 6.03. The van der Waals surface area contributed by atoms with E-state index in [0.717, 1.165) is 36.9 Å². The van der Waals surface area contributed by atoms with E-state index in [2.05, 4.69) is 4.72 Å². The Labute approximate surface area is 130 Å². The van der Waals surface area contributed by atoms with E-state index in [4.69, 9.17) is 5.73 Å². The number of carbonyl (C=O) groups excluding carboxylic acids is 1. The summed E-state index contributed by atoms with van der Waals surface area (Å²) < 4.78 is 26.2. The summed E-state index contributed by atoms with van der Waals surface area (Å²) in [5.41, 5.74) is 7.64. The summed E-state index contributed by atoms with van der Waals surface area (Å²) >= 11 is 0. The van der Waals surface area contributed by atoms with Crippen LogP contribution >= 0.6 is 0 Å². The number of nitrogens with one attached hydrogen (secondary N) is 1. The number of rotatable bonds is 3. The van der Waals surface area contributed by atoms with Crippen molar-refractivity contribution in [2.45, 2.75) is 36.6 Å². The van der Waals surface area contributed by atoms with Gasteiger partial charge in [0.2, 0.25) is 15.9 Å². The first-order valence-electron chi connectivity index (χ1n) is 7.56. The average Bonchev–Trinajstić information content (AvgIpc) is 3.12. The molecule has 1 heterocycles. The first-order chi connectivity index (χ1) is 10.4. The van der Waals surface area contributed by atoms with Crippen LogP contribution < -0.4 is 15.4 Å². The Balaban J connectivity index is 1.90. The third kappa shape index (κ3) is 2.64. The fraction of sp³-hybridized carbons (Fsp3) is 0.533. The van der Waals surface area contributed by atoms with Crippen molar-refractivity contribution in [1.29, 1.82) is 0 Å². The summed E-state index contributed by atoms with van der Waals surface area (Å²) in [7, 11) is -2.12. The second kappa shape index (κ2) is 5.64. The molecule has 1 aliphatic carbocycles. The van der Waals surface area contributed by atoms with Crippen molar-refractivity contribution >= 4 is 21.6 Å². The van der Waals surface area contributed by atoms with Crippen LogP contribution in [0.1, 0.15) is 24.8 Å². The standard InChI is InChI=1S/C15H21N3O3S/c1-17-22(20,21)13-5-3-10-6-7-18(14(10)9-13)15(19)11-2-4-12(16)8-11/h3,5,9,11-12,17H,2,4,6-8,16H2,1H3/t11-,12+/m1/s1. The van der Waals surface area contributed by atoms with Crippen molar-refractivity contribution in [2.75, 3.05) is 18.5 Å². The lowest BCUT2D eigenvalue weighted by molar-refractivity contribution is -0.122. The average molecular weight is 323 g/mol. The molecule has 3 N–H and O–H groups in total. The van der Waals surface area contributed by atoms with Crippen molar-refractivity contribution in [3.05, 3.63) is 23.8 Å². The Morgan fingerprint density at radius 1 is 1.36 bits per heavy atom. The van der Waals surface area contributed by atoms with Gasteiger partial charge in [0, 0.05) is 24.2 Å². The minimum Gasteiger partial charge on any atom is -0.328 e. The zero-order valence-corrected chi connectivity index (χ0v) is 13.4. The zero-order valence-electron chi connectivity index (χ0n) is 12.6. The first-order valence-corrected chi connectivity index (χ1v) is 9.04. The summed E-state index contributed by atoms with van der Waals surface area (Å²) in [5, 5.41) is 0. The number of nitrogens with two attached hydrogens (primary N) is 1. The number of sulfonamides is 1. The zero-order chi connectivity index (χ0) is 15.9. The Morgan fingerprint density at radius 3 is 2.77 bits per heavy atom. The number of amides is 1. The maximum Gasteiger partial charge on any atom is 0.240 e. The summed E-state index contributed by atoms with van der Waals surface area (Å²) in [4.78, 5) is 14.6. The fourth-order valence-electron chi connectivity index (χ4n) is 3.33. The molecule has 1 aliphatic heterocycles. The topological polar surface area (TPSA) is 92.5 Å². The Hall–Kier alpha value is -1.44. The van der Waals surface area contributed by atoms with Crippen LogP contribution in [-0.2, 0) is 21.2 Å². The van der Waals surface area contributed by atoms with Crippen LogP contribution in [0.4, 0.5) is 5.69 Å². The first kappa shape index (κ1) is 15.5. The van der Waals surface area contributed by atoms with Gasteiger partial charge in [0.25, 0.3) is 0 Å². The van der Waals surface area contributed by atoms with Crippen molar-refractivity contribution in [3.63, 3.8) is 0 Å². The van der Waals surface area contributed by atoms with Gasteiger partial charge < -0.3 is 10.6 Å². The smallest absolute Gasteiger partial charge is 0.240 e. The molecule has 0 unspecified atom stereocenters. The monoisotopic (exact) mass is 323 g/mol. The van der Waals surface area contributed by atoms with Crippen LogP contribution in [-0.4, -0.2) is 34.0 Å². The molecule has 1 aromatic carbocycles. The fourth-order valence-corrected chi connectivity index (χ4v) is 4.08. The van der Waals surface area contributed by atoms with Crippen LogP contribution in [0.5, 0.6) is 0 Å². The highest BCUT2D eigenvalue weighted by atomic mass is 32.2. The van der Waals surface area contributed by atoms with Gasteiger partial charge in [-0.05, 0) is 50.4 Å². The van der Waals surface area contributed by atoms with E-state index in [1.54, 1.807) is 23.1 Å². The van der Waals surface area contributed by atoms with Crippen LogP contribution in [0, 0.1) is 5.92 Å². The third-order valence-electron chi connectivity index (χ3n) is 4.62. The Bertz CT molecular complexity index is 702. The van der Waals surface area contributed by atoms with Gasteiger partial charge in [-0.2, -0.15) is 0 Å². The number of hydrogen-bond donors (Lipinski definition) is 2. The molecule has 1 amide bonds. The normalized spacial score (nSPS) is 24.5. The highest BCUT2D eigenvalue weighted by Gasteiger charge is 2.34. The van der Waals surface area contributed by atoms with E-state index in [-0.39, 0.29) is 22.8 Å². The van der Waals surface area contributed by atoms with Crippen LogP contribution in [0.3, 0.4) is 0 Å². The van der Waals surface area contributed by atoms with E-state index >= 15 is 0 Å². The lowest BCUT2D eigenvalue weighted by Crippen LogP contribution is -2.34. The highest BCUT2D eigenvalue weighted by molar-refractivity contribution is 7.89. The van der Waals surface area contributed by atoms with E-state index in [9.17, 15) is 13.2 Å². The molecule has 0 radical (unpaired) electrons. The maximum atomic E-state index is 12.7. The van der Waals surface area contributed by atoms with E-state index in [0.29, 0.717) is 6.54 Å². The highest BCUT2D eigenvalue weighted by Crippen LogP contribution is 2.34. The molecule has 120 valence electrons. The molecule has 1 fully saturated rings. The van der Waals surface area contributed by atoms with Crippen LogP contribution in [0.2, 0.25) is 0 Å². The molecule has 6 nitrogen and oxygen atoms in total. The van der Waals surface area contributed by atoms with Gasteiger partial charge in [0.1, 0.15) is 0 Å². The van der Waals surface area contributed by atoms with Gasteiger partial charge >= 0.3 is 0 Å². The molecule has 3 rings (SSSR count). The van der Waals surface area contributed by atoms with E-state index in [1.807, 2.05) is 0 Å². The predicted octanol–water partition coefficient (Wildman–Crippen LogP) is 0.611. The van der Waals surface area contributed by atoms with Crippen molar-refractivity contribution in [3.8, 4) is 0 Å². The Kier molecular flexibility index (Phi) is 3.96. The second-order valence-electron chi connectivity index (χ2n) is 6.01. The molecular formula is C15H21N3O3S. The van der Waals surface area contributed by atoms with Gasteiger partial charge in [-0.25, -0.2) is 13.1 Å². The summed E-state index contributed by atoms with van der Waals surface area (Å²) in [5.74, 6) is 0.0382. The van der Waals surface area contributed by atoms with Gasteiger partial charge in [-0.3, -0.25) is 4.79 Å². The molecule has 2 aliphatic rings. The summed E-state index contributed by atoms with van der Waals surface area (Å²) in [6, 6.07) is 5.09. The number of nitrogens with zero attached hydrogens (tertiary/aromatic N) is 1. The van der Waals surface area contributed by atoms with Gasteiger partial charge in [0.05, 0.1) is 4.90 Å². The van der Waals surface area contributed by atoms with Gasteiger partial charge in [-0.1, -0.05) is 6.07 Å². The molecular weight excluding hydrogens is 302 g/mol. The van der Waals surface area contributed by atoms with E-state index < -0.39 is 10.0 Å². The minimum atomic E-state index is -3.50. The number of hydrogen-bond acceptors (Lipinski definition) is 4. The van der Waals surface area contributed by atoms with Crippen LogP contribution in [0.15, 0.2) is 23.1 Å². The predicted molar refractivity (Wildman–Crippen MR) is 84.1 cm³/mol. The van der Waals surface area contributed by atoms with Gasteiger partial charge in [-0.15, -0.1) is 0 Å². The molecule has 0 bridgehead atoms. The summed E-state index contributed by atoms with van der Waals surface area (Å²) in [6.07, 6.45) is 3.19. The second-order valence-corrected chi connectivity index (χ2v) is 7.89. The Morgan fingerprint density at radius 2 is 2.14 bits per heavy atom. The number of benzene rings is 1. The quantitative estimate of drug-likeness (QED) is 0.852. The molecule has 7 heteroatoms. The van der Waals surface area contributed by atoms with Crippen molar-refractivity contribution in [2.24, 2.45) is 11.7 Å². The molecule has 0 aromatic heterocycles. The van der Waals surface area contributed by atoms with Crippen molar-refractivity contribution in [1.82, 2.24) is 4.72 Å². The van der Waals surface area contributed by atoms with Crippen LogP contribution in [0.25, 0.3) is 0 Å². The molecule has 1 saturated carbocycles. The summed E-state index contributed by atoms with van der Waals surface area (Å²) in [6.45, 7) is 0.614. The molecule has 22 heavy (non-hydrogen) atoms. The molecule has 2 atom stereocenters. The largest absolute Gasteiger partial charge is 0.328 e. The number of fused-ring (bicyclic) bond motifs is 1.